The number of carbonyl (C=O) groups is 1. The van der Waals surface area contributed by atoms with E-state index < -0.39 is 11.7 Å². The molecule has 4 heteroatoms. The Balaban J connectivity index is 2.84. The Hall–Kier alpha value is -1.71. The minimum Gasteiger partial charge on any atom is -0.504 e. The van der Waals surface area contributed by atoms with Crippen molar-refractivity contribution in [3.63, 3.8) is 0 Å². The molecule has 0 spiro atoms. The van der Waals surface area contributed by atoms with E-state index in [-0.39, 0.29) is 11.3 Å². The van der Waals surface area contributed by atoms with Gasteiger partial charge in [-0.3, -0.25) is 0 Å². The SMILES string of the molecule is CCCCCCc1ccc(O)c(O)c1C(=O)O. The van der Waals surface area contributed by atoms with Gasteiger partial charge in [0, 0.05) is 0 Å². The molecule has 0 saturated heterocycles. The first-order chi connectivity index (χ1) is 8.07. The second-order valence-corrected chi connectivity index (χ2v) is 4.08. The molecule has 1 rings (SSSR count). The van der Waals surface area contributed by atoms with Crippen LogP contribution in [0.25, 0.3) is 0 Å². The van der Waals surface area contributed by atoms with Crippen molar-refractivity contribution in [2.24, 2.45) is 0 Å². The number of unbranched alkanes of at least 4 members (excludes halogenated alkanes) is 3. The molecule has 1 aromatic carbocycles. The molecular formula is C13H18O4. The van der Waals surface area contributed by atoms with Gasteiger partial charge in [0.2, 0.25) is 0 Å². The van der Waals surface area contributed by atoms with Crippen LogP contribution in [0.4, 0.5) is 0 Å². The van der Waals surface area contributed by atoms with Gasteiger partial charge in [0.15, 0.2) is 11.5 Å². The zero-order chi connectivity index (χ0) is 12.8. The van der Waals surface area contributed by atoms with Crippen LogP contribution in [0.5, 0.6) is 11.5 Å². The molecule has 1 aromatic rings. The standard InChI is InChI=1S/C13H18O4/c1-2-3-4-5-6-9-7-8-10(14)12(15)11(9)13(16)17/h7-8,14-15H,2-6H2,1H3,(H,16,17). The Morgan fingerprint density at radius 3 is 2.47 bits per heavy atom. The first-order valence-electron chi connectivity index (χ1n) is 5.85. The molecule has 0 saturated carbocycles. The van der Waals surface area contributed by atoms with Crippen molar-refractivity contribution in [2.75, 3.05) is 0 Å². The number of aryl methyl sites for hydroxylation is 1. The summed E-state index contributed by atoms with van der Waals surface area (Å²) in [5.74, 6) is -2.13. The number of phenolic OH excluding ortho intramolecular Hbond substituents is 1. The zero-order valence-corrected chi connectivity index (χ0v) is 9.94. The number of phenols is 2. The maximum atomic E-state index is 11.0. The van der Waals surface area contributed by atoms with Gasteiger partial charge in [-0.2, -0.15) is 0 Å². The van der Waals surface area contributed by atoms with Gasteiger partial charge in [0.25, 0.3) is 0 Å². The van der Waals surface area contributed by atoms with Crippen molar-refractivity contribution in [3.8, 4) is 11.5 Å². The largest absolute Gasteiger partial charge is 0.504 e. The molecule has 0 heterocycles. The first-order valence-corrected chi connectivity index (χ1v) is 5.85. The normalized spacial score (nSPS) is 10.4. The number of aromatic hydroxyl groups is 2. The molecule has 3 N–H and O–H groups in total. The molecule has 0 bridgehead atoms. The molecule has 17 heavy (non-hydrogen) atoms. The van der Waals surface area contributed by atoms with Crippen molar-refractivity contribution < 1.29 is 20.1 Å². The van der Waals surface area contributed by atoms with Gasteiger partial charge in [-0.15, -0.1) is 0 Å². The fourth-order valence-corrected chi connectivity index (χ4v) is 1.81. The van der Waals surface area contributed by atoms with Crippen LogP contribution in [-0.4, -0.2) is 21.3 Å². The topological polar surface area (TPSA) is 77.8 Å². The van der Waals surface area contributed by atoms with Crippen LogP contribution in [0.15, 0.2) is 12.1 Å². The number of carboxylic acid groups (broad SMARTS) is 1. The van der Waals surface area contributed by atoms with Crippen LogP contribution in [0, 0.1) is 0 Å². The zero-order valence-electron chi connectivity index (χ0n) is 9.94. The highest BCUT2D eigenvalue weighted by atomic mass is 16.4. The van der Waals surface area contributed by atoms with Crippen molar-refractivity contribution in [3.05, 3.63) is 23.3 Å². The summed E-state index contributed by atoms with van der Waals surface area (Å²) in [7, 11) is 0. The molecule has 0 amide bonds. The molecule has 0 aliphatic carbocycles. The van der Waals surface area contributed by atoms with Crippen LogP contribution in [0.3, 0.4) is 0 Å². The van der Waals surface area contributed by atoms with E-state index in [1.807, 2.05) is 0 Å². The summed E-state index contributed by atoms with van der Waals surface area (Å²) in [4.78, 5) is 11.0. The van der Waals surface area contributed by atoms with E-state index in [4.69, 9.17) is 5.11 Å². The van der Waals surface area contributed by atoms with Crippen LogP contribution in [0.1, 0.15) is 48.5 Å². The van der Waals surface area contributed by atoms with Crippen LogP contribution in [0.2, 0.25) is 0 Å². The number of rotatable bonds is 6. The van der Waals surface area contributed by atoms with Crippen LogP contribution in [-0.2, 0) is 6.42 Å². The Morgan fingerprint density at radius 1 is 1.18 bits per heavy atom. The molecule has 0 radical (unpaired) electrons. The maximum absolute atomic E-state index is 11.0. The monoisotopic (exact) mass is 238 g/mol. The number of benzene rings is 1. The van der Waals surface area contributed by atoms with E-state index >= 15 is 0 Å². The lowest BCUT2D eigenvalue weighted by Gasteiger charge is -2.09. The van der Waals surface area contributed by atoms with E-state index in [1.54, 1.807) is 6.07 Å². The molecule has 0 fully saturated rings. The van der Waals surface area contributed by atoms with Crippen molar-refractivity contribution in [1.82, 2.24) is 0 Å². The van der Waals surface area contributed by atoms with E-state index in [2.05, 4.69) is 6.92 Å². The second-order valence-electron chi connectivity index (χ2n) is 4.08. The number of carboxylic acids is 1. The van der Waals surface area contributed by atoms with Crippen molar-refractivity contribution in [2.45, 2.75) is 39.0 Å². The van der Waals surface area contributed by atoms with Crippen LogP contribution < -0.4 is 0 Å². The van der Waals surface area contributed by atoms with Gasteiger partial charge in [0.05, 0.1) is 0 Å². The number of aromatic carboxylic acids is 1. The van der Waals surface area contributed by atoms with Gasteiger partial charge < -0.3 is 15.3 Å². The summed E-state index contributed by atoms with van der Waals surface area (Å²) in [5, 5.41) is 27.8. The van der Waals surface area contributed by atoms with Gasteiger partial charge in [-0.25, -0.2) is 4.79 Å². The molecular weight excluding hydrogens is 220 g/mol. The summed E-state index contributed by atoms with van der Waals surface area (Å²) in [6.45, 7) is 2.11. The third kappa shape index (κ3) is 3.37. The fourth-order valence-electron chi connectivity index (χ4n) is 1.81. The lowest BCUT2D eigenvalue weighted by atomic mass is 9.99. The molecule has 0 aliphatic heterocycles. The van der Waals surface area contributed by atoms with E-state index in [0.29, 0.717) is 12.0 Å². The predicted octanol–water partition coefficient (Wildman–Crippen LogP) is 2.92. The van der Waals surface area contributed by atoms with Gasteiger partial charge in [0.1, 0.15) is 5.56 Å². The minimum absolute atomic E-state index is 0.179. The summed E-state index contributed by atoms with van der Waals surface area (Å²) < 4.78 is 0. The lowest BCUT2D eigenvalue weighted by molar-refractivity contribution is 0.0691. The first kappa shape index (κ1) is 13.4. The quantitative estimate of drug-likeness (QED) is 0.526. The predicted molar refractivity (Wildman–Crippen MR) is 64.6 cm³/mol. The summed E-state index contributed by atoms with van der Waals surface area (Å²) in [6, 6.07) is 2.89. The third-order valence-electron chi connectivity index (χ3n) is 2.76. The Morgan fingerprint density at radius 2 is 1.88 bits per heavy atom. The van der Waals surface area contributed by atoms with E-state index in [1.165, 1.54) is 6.07 Å². The molecule has 94 valence electrons. The number of hydrogen-bond acceptors (Lipinski definition) is 3. The summed E-state index contributed by atoms with van der Waals surface area (Å²) in [5.41, 5.74) is 0.394. The van der Waals surface area contributed by atoms with Crippen molar-refractivity contribution >= 4 is 5.97 Å². The maximum Gasteiger partial charge on any atom is 0.339 e. The molecule has 0 aromatic heterocycles. The van der Waals surface area contributed by atoms with Crippen LogP contribution >= 0.6 is 0 Å². The lowest BCUT2D eigenvalue weighted by Crippen LogP contribution is -2.03. The van der Waals surface area contributed by atoms with E-state index in [0.717, 1.165) is 25.7 Å². The molecule has 0 unspecified atom stereocenters. The Bertz CT molecular complexity index is 399. The highest BCUT2D eigenvalue weighted by molar-refractivity contribution is 5.93. The van der Waals surface area contributed by atoms with Gasteiger partial charge >= 0.3 is 5.97 Å². The van der Waals surface area contributed by atoms with E-state index in [9.17, 15) is 15.0 Å². The molecule has 0 atom stereocenters. The summed E-state index contributed by atoms with van der Waals surface area (Å²) >= 11 is 0. The van der Waals surface area contributed by atoms with Gasteiger partial charge in [-0.1, -0.05) is 32.3 Å². The fraction of sp³-hybridized carbons (Fsp3) is 0.462. The average molecular weight is 238 g/mol. The smallest absolute Gasteiger partial charge is 0.339 e. The summed E-state index contributed by atoms with van der Waals surface area (Å²) in [6.07, 6.45) is 4.77. The Labute approximate surface area is 101 Å². The highest BCUT2D eigenvalue weighted by Gasteiger charge is 2.18. The molecule has 0 aliphatic rings. The highest BCUT2D eigenvalue weighted by Crippen LogP contribution is 2.32. The van der Waals surface area contributed by atoms with Gasteiger partial charge in [-0.05, 0) is 24.5 Å². The second kappa shape index (κ2) is 6.13. The third-order valence-corrected chi connectivity index (χ3v) is 2.76. The average Bonchev–Trinajstić information content (AvgIpc) is 2.28. The Kier molecular flexibility index (Phi) is 4.82. The number of hydrogen-bond donors (Lipinski definition) is 3. The molecule has 4 nitrogen and oxygen atoms in total. The minimum atomic E-state index is -1.20. The van der Waals surface area contributed by atoms with Crippen molar-refractivity contribution in [1.29, 1.82) is 0 Å².